The van der Waals surface area contributed by atoms with Crippen LogP contribution < -0.4 is 5.32 Å². The van der Waals surface area contributed by atoms with Crippen molar-refractivity contribution in [3.8, 4) is 6.07 Å². The summed E-state index contributed by atoms with van der Waals surface area (Å²) in [5.74, 6) is 0.809. The van der Waals surface area contributed by atoms with Gasteiger partial charge in [0, 0.05) is 12.2 Å². The van der Waals surface area contributed by atoms with E-state index in [2.05, 4.69) is 18.3 Å². The van der Waals surface area contributed by atoms with Gasteiger partial charge in [0.05, 0.1) is 30.4 Å². The summed E-state index contributed by atoms with van der Waals surface area (Å²) in [6.07, 6.45) is 4.42. The molecule has 0 saturated heterocycles. The van der Waals surface area contributed by atoms with Crippen LogP contribution in [-0.4, -0.2) is 30.5 Å². The Hall–Kier alpha value is -1.57. The molecule has 1 aliphatic rings. The first-order chi connectivity index (χ1) is 10.2. The maximum atomic E-state index is 9.97. The molecule has 114 valence electrons. The van der Waals surface area contributed by atoms with Gasteiger partial charge in [0.1, 0.15) is 0 Å². The average molecular weight is 288 g/mol. The van der Waals surface area contributed by atoms with Crippen molar-refractivity contribution in [3.05, 3.63) is 29.8 Å². The first kappa shape index (κ1) is 15.8. The lowest BCUT2D eigenvalue weighted by Crippen LogP contribution is -2.29. The third kappa shape index (κ3) is 5.37. The summed E-state index contributed by atoms with van der Waals surface area (Å²) in [7, 11) is 0. The molecule has 1 atom stereocenters. The molecular weight excluding hydrogens is 264 g/mol. The Bertz CT molecular complexity index is 476. The molecule has 21 heavy (non-hydrogen) atoms. The van der Waals surface area contributed by atoms with Gasteiger partial charge >= 0.3 is 0 Å². The molecule has 4 nitrogen and oxygen atoms in total. The molecule has 1 fully saturated rings. The molecular formula is C17H24N2O2. The predicted molar refractivity (Wildman–Crippen MR) is 83.0 cm³/mol. The Labute approximate surface area is 126 Å². The van der Waals surface area contributed by atoms with E-state index >= 15 is 0 Å². The van der Waals surface area contributed by atoms with E-state index in [9.17, 15) is 5.11 Å². The van der Waals surface area contributed by atoms with Crippen LogP contribution >= 0.6 is 0 Å². The van der Waals surface area contributed by atoms with Crippen molar-refractivity contribution in [2.75, 3.05) is 18.5 Å². The Kier molecular flexibility index (Phi) is 6.04. The summed E-state index contributed by atoms with van der Waals surface area (Å²) in [4.78, 5) is 0. The van der Waals surface area contributed by atoms with Gasteiger partial charge in [-0.25, -0.2) is 0 Å². The zero-order valence-corrected chi connectivity index (χ0v) is 12.6. The lowest BCUT2D eigenvalue weighted by atomic mass is 9.89. The number of hydrogen-bond acceptors (Lipinski definition) is 4. The second-order valence-corrected chi connectivity index (χ2v) is 5.94. The molecule has 0 amide bonds. The van der Waals surface area contributed by atoms with E-state index in [4.69, 9.17) is 10.00 Å². The molecule has 1 aromatic rings. The maximum absolute atomic E-state index is 9.97. The summed E-state index contributed by atoms with van der Waals surface area (Å²) < 4.78 is 5.78. The lowest BCUT2D eigenvalue weighted by Gasteiger charge is -2.27. The molecule has 1 saturated carbocycles. The Balaban J connectivity index is 1.67. The van der Waals surface area contributed by atoms with Gasteiger partial charge in [-0.05, 0) is 49.8 Å². The van der Waals surface area contributed by atoms with Crippen LogP contribution in [0, 0.1) is 17.2 Å². The van der Waals surface area contributed by atoms with Crippen LogP contribution in [0.2, 0.25) is 0 Å². The first-order valence-corrected chi connectivity index (χ1v) is 7.71. The van der Waals surface area contributed by atoms with Gasteiger partial charge in [-0.2, -0.15) is 5.26 Å². The van der Waals surface area contributed by atoms with Gasteiger partial charge in [-0.3, -0.25) is 0 Å². The van der Waals surface area contributed by atoms with E-state index in [1.807, 2.05) is 12.1 Å². The molecule has 1 unspecified atom stereocenters. The number of aliphatic hydroxyl groups excluding tert-OH is 1. The SMILES string of the molecule is CC1CCC(OCC(O)CNc2cccc(C#N)c2)CC1. The first-order valence-electron chi connectivity index (χ1n) is 7.71. The molecule has 0 spiro atoms. The summed E-state index contributed by atoms with van der Waals surface area (Å²) in [5.41, 5.74) is 1.46. The van der Waals surface area contributed by atoms with Crippen molar-refractivity contribution in [2.24, 2.45) is 5.92 Å². The zero-order chi connectivity index (χ0) is 15.1. The van der Waals surface area contributed by atoms with E-state index in [0.717, 1.165) is 24.4 Å². The monoisotopic (exact) mass is 288 g/mol. The van der Waals surface area contributed by atoms with E-state index in [1.165, 1.54) is 12.8 Å². The minimum Gasteiger partial charge on any atom is -0.389 e. The predicted octanol–water partition coefficient (Wildman–Crippen LogP) is 2.93. The van der Waals surface area contributed by atoms with E-state index in [1.54, 1.807) is 12.1 Å². The molecule has 2 N–H and O–H groups in total. The number of ether oxygens (including phenoxy) is 1. The lowest BCUT2D eigenvalue weighted by molar-refractivity contribution is -0.0245. The van der Waals surface area contributed by atoms with Gasteiger partial charge < -0.3 is 15.2 Å². The van der Waals surface area contributed by atoms with Crippen LogP contribution in [-0.2, 0) is 4.74 Å². The molecule has 0 radical (unpaired) electrons. The van der Waals surface area contributed by atoms with Crippen LogP contribution in [0.5, 0.6) is 0 Å². The molecule has 1 aromatic carbocycles. The maximum Gasteiger partial charge on any atom is 0.0992 e. The molecule has 0 heterocycles. The molecule has 2 rings (SSSR count). The number of aliphatic hydroxyl groups is 1. The van der Waals surface area contributed by atoms with Crippen molar-refractivity contribution in [2.45, 2.75) is 44.8 Å². The Morgan fingerprint density at radius 2 is 2.14 bits per heavy atom. The van der Waals surface area contributed by atoms with Crippen molar-refractivity contribution in [3.63, 3.8) is 0 Å². The quantitative estimate of drug-likeness (QED) is 0.844. The topological polar surface area (TPSA) is 65.3 Å². The second-order valence-electron chi connectivity index (χ2n) is 5.94. The summed E-state index contributed by atoms with van der Waals surface area (Å²) in [5, 5.41) is 21.9. The van der Waals surface area contributed by atoms with E-state index in [0.29, 0.717) is 24.8 Å². The van der Waals surface area contributed by atoms with Crippen LogP contribution in [0.3, 0.4) is 0 Å². The van der Waals surface area contributed by atoms with Crippen molar-refractivity contribution in [1.82, 2.24) is 0 Å². The molecule has 1 aliphatic carbocycles. The molecule has 0 aliphatic heterocycles. The number of hydrogen-bond donors (Lipinski definition) is 2. The van der Waals surface area contributed by atoms with Crippen LogP contribution in [0.4, 0.5) is 5.69 Å². The van der Waals surface area contributed by atoms with Gasteiger partial charge in [0.15, 0.2) is 0 Å². The number of rotatable bonds is 6. The van der Waals surface area contributed by atoms with Crippen LogP contribution in [0.25, 0.3) is 0 Å². The largest absolute Gasteiger partial charge is 0.389 e. The van der Waals surface area contributed by atoms with E-state index in [-0.39, 0.29) is 0 Å². The van der Waals surface area contributed by atoms with Gasteiger partial charge in [-0.15, -0.1) is 0 Å². The Morgan fingerprint density at radius 3 is 2.86 bits per heavy atom. The van der Waals surface area contributed by atoms with Gasteiger partial charge in [0.25, 0.3) is 0 Å². The number of anilines is 1. The Morgan fingerprint density at radius 1 is 1.38 bits per heavy atom. The van der Waals surface area contributed by atoms with Crippen LogP contribution in [0.1, 0.15) is 38.2 Å². The van der Waals surface area contributed by atoms with Gasteiger partial charge in [-0.1, -0.05) is 13.0 Å². The minimum atomic E-state index is -0.532. The van der Waals surface area contributed by atoms with Crippen molar-refractivity contribution < 1.29 is 9.84 Å². The van der Waals surface area contributed by atoms with Crippen molar-refractivity contribution >= 4 is 5.69 Å². The minimum absolute atomic E-state index is 0.303. The highest BCUT2D eigenvalue weighted by atomic mass is 16.5. The summed E-state index contributed by atoms with van der Waals surface area (Å²) in [6, 6.07) is 9.34. The fourth-order valence-electron chi connectivity index (χ4n) is 2.64. The number of nitriles is 1. The highest BCUT2D eigenvalue weighted by Gasteiger charge is 2.19. The fraction of sp³-hybridized carbons (Fsp3) is 0.588. The summed E-state index contributed by atoms with van der Waals surface area (Å²) >= 11 is 0. The van der Waals surface area contributed by atoms with Crippen molar-refractivity contribution in [1.29, 1.82) is 5.26 Å². The smallest absolute Gasteiger partial charge is 0.0992 e. The number of nitrogens with zero attached hydrogens (tertiary/aromatic N) is 1. The third-order valence-corrected chi connectivity index (χ3v) is 4.02. The normalized spacial score (nSPS) is 23.3. The third-order valence-electron chi connectivity index (χ3n) is 4.02. The van der Waals surface area contributed by atoms with Gasteiger partial charge in [0.2, 0.25) is 0 Å². The highest BCUT2D eigenvalue weighted by Crippen LogP contribution is 2.25. The number of nitrogens with one attached hydrogen (secondary N) is 1. The fourth-order valence-corrected chi connectivity index (χ4v) is 2.64. The average Bonchev–Trinajstić information content (AvgIpc) is 2.52. The number of benzene rings is 1. The zero-order valence-electron chi connectivity index (χ0n) is 12.6. The summed E-state index contributed by atoms with van der Waals surface area (Å²) in [6.45, 7) is 3.08. The van der Waals surface area contributed by atoms with Crippen LogP contribution in [0.15, 0.2) is 24.3 Å². The molecule has 0 aromatic heterocycles. The standard InChI is InChI=1S/C17H24N2O2/c1-13-5-7-17(8-6-13)21-12-16(20)11-19-15-4-2-3-14(9-15)10-18/h2-4,9,13,16-17,19-20H,5-8,11-12H2,1H3. The second kappa shape index (κ2) is 8.02. The van der Waals surface area contributed by atoms with E-state index < -0.39 is 6.10 Å². The molecule has 4 heteroatoms. The molecule has 0 bridgehead atoms. The highest BCUT2D eigenvalue weighted by molar-refractivity contribution is 5.49.